The molecule has 1 unspecified atom stereocenters. The minimum Gasteiger partial charge on any atom is -0.461 e. The fraction of sp³-hybridized carbons (Fsp3) is 0.647. The number of carbonyl (C=O) groups excluding carboxylic acids is 2. The molecule has 0 spiro atoms. The minimum atomic E-state index is -0.232. The quantitative estimate of drug-likeness (QED) is 0.383. The third-order valence-corrected chi connectivity index (χ3v) is 3.58. The Labute approximate surface area is 122 Å². The highest BCUT2D eigenvalue weighted by Crippen LogP contribution is 2.30. The van der Waals surface area contributed by atoms with E-state index in [1.165, 1.54) is 0 Å². The Hall–Kier alpha value is -1.38. The fourth-order valence-corrected chi connectivity index (χ4v) is 2.38. The number of esters is 1. The van der Waals surface area contributed by atoms with Gasteiger partial charge in [-0.15, -0.1) is 0 Å². The van der Waals surface area contributed by atoms with Gasteiger partial charge in [-0.05, 0) is 26.3 Å². The van der Waals surface area contributed by atoms with Gasteiger partial charge < -0.3 is 4.74 Å². The molecular formula is C17H26O3. The summed E-state index contributed by atoms with van der Waals surface area (Å²) in [6.07, 6.45) is 8.75. The van der Waals surface area contributed by atoms with Gasteiger partial charge in [0.15, 0.2) is 0 Å². The van der Waals surface area contributed by atoms with Crippen LogP contribution in [-0.4, -0.2) is 18.4 Å². The number of hydrogen-bond acceptors (Lipinski definition) is 3. The van der Waals surface area contributed by atoms with Gasteiger partial charge in [-0.2, -0.15) is 0 Å². The van der Waals surface area contributed by atoms with E-state index in [0.717, 1.165) is 36.8 Å². The topological polar surface area (TPSA) is 43.4 Å². The van der Waals surface area contributed by atoms with E-state index in [2.05, 4.69) is 6.92 Å². The van der Waals surface area contributed by atoms with Crippen molar-refractivity contribution < 1.29 is 14.3 Å². The van der Waals surface area contributed by atoms with Crippen LogP contribution >= 0.6 is 0 Å². The van der Waals surface area contributed by atoms with Crippen LogP contribution in [0.5, 0.6) is 0 Å². The first kappa shape index (κ1) is 16.7. The largest absolute Gasteiger partial charge is 0.461 e. The SMILES string of the molecule is CCCCCC1C(=O)CC=C1CC(=O)OCC=C(C)C. The Kier molecular flexibility index (Phi) is 7.27. The number of carbonyl (C=O) groups is 2. The molecule has 112 valence electrons. The lowest BCUT2D eigenvalue weighted by Crippen LogP contribution is -2.14. The maximum atomic E-state index is 11.9. The standard InChI is InChI=1S/C17H26O3/c1-4-5-6-7-15-14(8-9-16(15)18)12-17(19)20-11-10-13(2)3/h8,10,15H,4-7,9,11-12H2,1-3H3. The zero-order chi connectivity index (χ0) is 15.0. The van der Waals surface area contributed by atoms with Crippen LogP contribution < -0.4 is 0 Å². The highest BCUT2D eigenvalue weighted by atomic mass is 16.5. The maximum absolute atomic E-state index is 11.9. The second-order valence-corrected chi connectivity index (χ2v) is 5.64. The molecule has 0 aromatic rings. The summed E-state index contributed by atoms with van der Waals surface area (Å²) >= 11 is 0. The van der Waals surface area contributed by atoms with Gasteiger partial charge in [0.1, 0.15) is 12.4 Å². The van der Waals surface area contributed by atoms with E-state index in [4.69, 9.17) is 4.74 Å². The number of ketones is 1. The lowest BCUT2D eigenvalue weighted by atomic mass is 9.92. The van der Waals surface area contributed by atoms with Crippen LogP contribution in [0.4, 0.5) is 0 Å². The van der Waals surface area contributed by atoms with E-state index in [-0.39, 0.29) is 24.1 Å². The van der Waals surface area contributed by atoms with Crippen LogP contribution in [0.1, 0.15) is 59.3 Å². The zero-order valence-electron chi connectivity index (χ0n) is 12.9. The van der Waals surface area contributed by atoms with Gasteiger partial charge in [0.25, 0.3) is 0 Å². The molecule has 0 saturated heterocycles. The Morgan fingerprint density at radius 2 is 2.15 bits per heavy atom. The van der Waals surface area contributed by atoms with Gasteiger partial charge in [0, 0.05) is 12.3 Å². The summed E-state index contributed by atoms with van der Waals surface area (Å²) in [7, 11) is 0. The first-order valence-electron chi connectivity index (χ1n) is 7.55. The molecule has 3 heteroatoms. The molecule has 0 heterocycles. The summed E-state index contributed by atoms with van der Waals surface area (Å²) in [6, 6.07) is 0. The smallest absolute Gasteiger partial charge is 0.310 e. The molecule has 0 bridgehead atoms. The van der Waals surface area contributed by atoms with Gasteiger partial charge >= 0.3 is 5.97 Å². The minimum absolute atomic E-state index is 0.0439. The number of allylic oxidation sites excluding steroid dienone is 2. The number of hydrogen-bond donors (Lipinski definition) is 0. The zero-order valence-corrected chi connectivity index (χ0v) is 12.9. The second kappa shape index (κ2) is 8.72. The molecule has 0 saturated carbocycles. The average molecular weight is 278 g/mol. The predicted molar refractivity (Wildman–Crippen MR) is 80.3 cm³/mol. The molecule has 0 aromatic heterocycles. The molecule has 0 aromatic carbocycles. The molecule has 0 amide bonds. The molecule has 0 radical (unpaired) electrons. The lowest BCUT2D eigenvalue weighted by molar-refractivity contribution is -0.141. The van der Waals surface area contributed by atoms with Gasteiger partial charge in [0.05, 0.1) is 6.42 Å². The van der Waals surface area contributed by atoms with Crippen molar-refractivity contribution in [3.05, 3.63) is 23.3 Å². The van der Waals surface area contributed by atoms with E-state index in [1.807, 2.05) is 26.0 Å². The lowest BCUT2D eigenvalue weighted by Gasteiger charge is -2.13. The number of Topliss-reactive ketones (excluding diaryl/α,β-unsaturated/α-hetero) is 1. The van der Waals surface area contributed by atoms with Crippen molar-refractivity contribution in [1.82, 2.24) is 0 Å². The third-order valence-electron chi connectivity index (χ3n) is 3.58. The van der Waals surface area contributed by atoms with Crippen LogP contribution in [0.2, 0.25) is 0 Å². The second-order valence-electron chi connectivity index (χ2n) is 5.64. The molecule has 0 N–H and O–H groups in total. The molecule has 1 aliphatic carbocycles. The summed E-state index contributed by atoms with van der Waals surface area (Å²) in [6.45, 7) is 6.41. The number of rotatable bonds is 8. The van der Waals surface area contributed by atoms with Crippen LogP contribution in [0.15, 0.2) is 23.3 Å². The van der Waals surface area contributed by atoms with Gasteiger partial charge in [0.2, 0.25) is 0 Å². The van der Waals surface area contributed by atoms with Gasteiger partial charge in [-0.25, -0.2) is 0 Å². The molecule has 1 rings (SSSR count). The van der Waals surface area contributed by atoms with Crippen molar-refractivity contribution in [2.75, 3.05) is 6.61 Å². The normalized spacial score (nSPS) is 17.9. The van der Waals surface area contributed by atoms with E-state index in [1.54, 1.807) is 0 Å². The monoisotopic (exact) mass is 278 g/mol. The molecular weight excluding hydrogens is 252 g/mol. The summed E-state index contributed by atoms with van der Waals surface area (Å²) in [5.41, 5.74) is 2.10. The van der Waals surface area contributed by atoms with Crippen molar-refractivity contribution in [2.45, 2.75) is 59.3 Å². The summed E-state index contributed by atoms with van der Waals surface area (Å²) in [5, 5.41) is 0. The Bertz CT molecular complexity index is 400. The number of unbranched alkanes of at least 4 members (excludes halogenated alkanes) is 2. The Morgan fingerprint density at radius 1 is 1.40 bits per heavy atom. The maximum Gasteiger partial charge on any atom is 0.310 e. The summed E-state index contributed by atoms with van der Waals surface area (Å²) in [5.74, 6) is -0.0188. The molecule has 3 nitrogen and oxygen atoms in total. The van der Waals surface area contributed by atoms with Crippen molar-refractivity contribution in [1.29, 1.82) is 0 Å². The van der Waals surface area contributed by atoms with E-state index < -0.39 is 0 Å². The van der Waals surface area contributed by atoms with Crippen molar-refractivity contribution in [2.24, 2.45) is 5.92 Å². The molecule has 1 aliphatic rings. The molecule has 20 heavy (non-hydrogen) atoms. The summed E-state index contributed by atoms with van der Waals surface area (Å²) < 4.78 is 5.16. The van der Waals surface area contributed by atoms with E-state index >= 15 is 0 Å². The first-order chi connectivity index (χ1) is 9.54. The Balaban J connectivity index is 2.42. The van der Waals surface area contributed by atoms with Crippen molar-refractivity contribution >= 4 is 11.8 Å². The first-order valence-corrected chi connectivity index (χ1v) is 7.55. The van der Waals surface area contributed by atoms with Crippen molar-refractivity contribution in [3.63, 3.8) is 0 Å². The van der Waals surface area contributed by atoms with Crippen LogP contribution in [0.25, 0.3) is 0 Å². The molecule has 0 aliphatic heterocycles. The van der Waals surface area contributed by atoms with Crippen LogP contribution in [-0.2, 0) is 14.3 Å². The van der Waals surface area contributed by atoms with Crippen molar-refractivity contribution in [3.8, 4) is 0 Å². The predicted octanol–water partition coefficient (Wildman–Crippen LogP) is 3.98. The number of ether oxygens (including phenoxy) is 1. The van der Waals surface area contributed by atoms with E-state index in [0.29, 0.717) is 13.0 Å². The highest BCUT2D eigenvalue weighted by molar-refractivity contribution is 5.90. The highest BCUT2D eigenvalue weighted by Gasteiger charge is 2.28. The van der Waals surface area contributed by atoms with Crippen LogP contribution in [0, 0.1) is 5.92 Å². The fourth-order valence-electron chi connectivity index (χ4n) is 2.38. The van der Waals surface area contributed by atoms with Gasteiger partial charge in [-0.1, -0.05) is 43.4 Å². The third kappa shape index (κ3) is 5.72. The van der Waals surface area contributed by atoms with Gasteiger partial charge in [-0.3, -0.25) is 9.59 Å². The molecule has 0 fully saturated rings. The van der Waals surface area contributed by atoms with E-state index in [9.17, 15) is 9.59 Å². The average Bonchev–Trinajstić information content (AvgIpc) is 2.71. The molecule has 1 atom stereocenters. The van der Waals surface area contributed by atoms with Crippen LogP contribution in [0.3, 0.4) is 0 Å². The summed E-state index contributed by atoms with van der Waals surface area (Å²) in [4.78, 5) is 23.6. The Morgan fingerprint density at radius 3 is 2.80 bits per heavy atom.